The van der Waals surface area contributed by atoms with Gasteiger partial charge in [0.1, 0.15) is 0 Å². The van der Waals surface area contributed by atoms with Crippen LogP contribution in [0.4, 0.5) is 11.5 Å². The number of hydrogen-bond acceptors (Lipinski definition) is 4. The third kappa shape index (κ3) is 2.68. The molecule has 1 aromatic heterocycles. The molecule has 1 aliphatic carbocycles. The molecule has 5 heteroatoms. The maximum atomic E-state index is 12.1. The van der Waals surface area contributed by atoms with Crippen molar-refractivity contribution in [2.45, 2.75) is 12.5 Å². The summed E-state index contributed by atoms with van der Waals surface area (Å²) in [6, 6.07) is 3.64. The Morgan fingerprint density at radius 1 is 1.50 bits per heavy atom. The summed E-state index contributed by atoms with van der Waals surface area (Å²) in [6.45, 7) is 0. The van der Waals surface area contributed by atoms with Crippen LogP contribution in [0.3, 0.4) is 0 Å². The van der Waals surface area contributed by atoms with E-state index in [1.165, 1.54) is 0 Å². The van der Waals surface area contributed by atoms with Crippen molar-refractivity contribution in [2.24, 2.45) is 11.7 Å². The highest BCUT2D eigenvalue weighted by Crippen LogP contribution is 2.23. The zero-order chi connectivity index (χ0) is 13.1. The summed E-state index contributed by atoms with van der Waals surface area (Å²) in [6.07, 6.45) is 6.12. The van der Waals surface area contributed by atoms with Crippen molar-refractivity contribution < 1.29 is 4.79 Å². The molecule has 2 unspecified atom stereocenters. The molecule has 0 aromatic carbocycles. The second kappa shape index (κ2) is 5.18. The second-order valence-corrected chi connectivity index (χ2v) is 4.65. The Balaban J connectivity index is 2.10. The molecule has 0 saturated carbocycles. The van der Waals surface area contributed by atoms with E-state index in [-0.39, 0.29) is 17.9 Å². The van der Waals surface area contributed by atoms with Crippen LogP contribution in [0.2, 0.25) is 0 Å². The Kier molecular flexibility index (Phi) is 3.62. The van der Waals surface area contributed by atoms with E-state index in [4.69, 9.17) is 5.73 Å². The zero-order valence-electron chi connectivity index (χ0n) is 10.6. The van der Waals surface area contributed by atoms with Crippen LogP contribution in [0.5, 0.6) is 0 Å². The van der Waals surface area contributed by atoms with Gasteiger partial charge in [-0.25, -0.2) is 4.98 Å². The highest BCUT2D eigenvalue weighted by atomic mass is 16.1. The molecule has 1 aliphatic rings. The molecule has 0 radical (unpaired) electrons. The summed E-state index contributed by atoms with van der Waals surface area (Å²) in [7, 11) is 3.78. The first kappa shape index (κ1) is 12.6. The van der Waals surface area contributed by atoms with Gasteiger partial charge in [0.15, 0.2) is 5.82 Å². The maximum absolute atomic E-state index is 12.1. The molecule has 2 rings (SSSR count). The third-order valence-electron chi connectivity index (χ3n) is 2.92. The van der Waals surface area contributed by atoms with E-state index in [2.05, 4.69) is 10.3 Å². The first-order valence-electron chi connectivity index (χ1n) is 5.95. The predicted octanol–water partition coefficient (Wildman–Crippen LogP) is 0.990. The molecular formula is C13H18N4O. The molecule has 18 heavy (non-hydrogen) atoms. The molecule has 5 nitrogen and oxygen atoms in total. The Morgan fingerprint density at radius 2 is 2.28 bits per heavy atom. The van der Waals surface area contributed by atoms with E-state index in [9.17, 15) is 4.79 Å². The van der Waals surface area contributed by atoms with E-state index in [0.29, 0.717) is 6.42 Å². The van der Waals surface area contributed by atoms with Crippen LogP contribution in [0.1, 0.15) is 6.42 Å². The minimum Gasteiger partial charge on any atom is -0.361 e. The first-order chi connectivity index (χ1) is 8.58. The molecule has 0 spiro atoms. The highest BCUT2D eigenvalue weighted by Gasteiger charge is 2.23. The van der Waals surface area contributed by atoms with Crippen LogP contribution < -0.4 is 16.0 Å². The Labute approximate surface area is 107 Å². The molecule has 1 amide bonds. The van der Waals surface area contributed by atoms with Gasteiger partial charge in [-0.15, -0.1) is 0 Å². The van der Waals surface area contributed by atoms with Crippen LogP contribution in [0, 0.1) is 5.92 Å². The van der Waals surface area contributed by atoms with Gasteiger partial charge < -0.3 is 16.0 Å². The van der Waals surface area contributed by atoms with E-state index >= 15 is 0 Å². The molecule has 0 bridgehead atoms. The van der Waals surface area contributed by atoms with Crippen LogP contribution in [-0.4, -0.2) is 31.0 Å². The van der Waals surface area contributed by atoms with Gasteiger partial charge in [0.05, 0.1) is 11.6 Å². The maximum Gasteiger partial charge on any atom is 0.231 e. The Hall–Kier alpha value is -1.88. The Morgan fingerprint density at radius 3 is 2.89 bits per heavy atom. The number of amides is 1. The summed E-state index contributed by atoms with van der Waals surface area (Å²) in [4.78, 5) is 18.2. The minimum atomic E-state index is -0.143. The van der Waals surface area contributed by atoms with E-state index in [1.807, 2.05) is 37.2 Å². The van der Waals surface area contributed by atoms with Crippen LogP contribution in [-0.2, 0) is 4.79 Å². The fraction of sp³-hybridized carbons (Fsp3) is 0.385. The van der Waals surface area contributed by atoms with Crippen LogP contribution in [0.15, 0.2) is 30.5 Å². The second-order valence-electron chi connectivity index (χ2n) is 4.65. The topological polar surface area (TPSA) is 71.2 Å². The summed E-state index contributed by atoms with van der Waals surface area (Å²) in [5, 5.41) is 2.90. The van der Waals surface area contributed by atoms with Gasteiger partial charge in [0, 0.05) is 26.3 Å². The molecule has 0 aliphatic heterocycles. The summed E-state index contributed by atoms with van der Waals surface area (Å²) >= 11 is 0. The number of carbonyl (C=O) groups is 1. The van der Waals surface area contributed by atoms with Crippen molar-refractivity contribution in [3.8, 4) is 0 Å². The summed E-state index contributed by atoms with van der Waals surface area (Å²) < 4.78 is 0. The minimum absolute atomic E-state index is 0.0111. The number of carbonyl (C=O) groups excluding carboxylic acids is 1. The third-order valence-corrected chi connectivity index (χ3v) is 2.92. The summed E-state index contributed by atoms with van der Waals surface area (Å²) in [5.41, 5.74) is 6.47. The van der Waals surface area contributed by atoms with Crippen molar-refractivity contribution in [3.63, 3.8) is 0 Å². The number of hydrogen-bond donors (Lipinski definition) is 2. The predicted molar refractivity (Wildman–Crippen MR) is 72.4 cm³/mol. The largest absolute Gasteiger partial charge is 0.361 e. The summed E-state index contributed by atoms with van der Waals surface area (Å²) in [5.74, 6) is 0.572. The SMILES string of the molecule is CN(C)c1ncccc1NC(=O)C1C=CC(N)C1. The van der Waals surface area contributed by atoms with Gasteiger partial charge in [-0.2, -0.15) is 0 Å². The molecular weight excluding hydrogens is 228 g/mol. The zero-order valence-corrected chi connectivity index (χ0v) is 10.6. The number of rotatable bonds is 3. The molecule has 3 N–H and O–H groups in total. The van der Waals surface area contributed by atoms with Gasteiger partial charge in [-0.1, -0.05) is 12.2 Å². The normalized spacial score (nSPS) is 21.9. The number of aromatic nitrogens is 1. The van der Waals surface area contributed by atoms with Crippen LogP contribution in [0.25, 0.3) is 0 Å². The van der Waals surface area contributed by atoms with Crippen molar-refractivity contribution >= 4 is 17.4 Å². The van der Waals surface area contributed by atoms with Gasteiger partial charge >= 0.3 is 0 Å². The Bertz CT molecular complexity index is 470. The quantitative estimate of drug-likeness (QED) is 0.780. The number of nitrogens with zero attached hydrogens (tertiary/aromatic N) is 2. The van der Waals surface area contributed by atoms with Crippen molar-refractivity contribution in [3.05, 3.63) is 30.5 Å². The number of nitrogens with one attached hydrogen (secondary N) is 1. The molecule has 1 aromatic rings. The fourth-order valence-electron chi connectivity index (χ4n) is 2.00. The monoisotopic (exact) mass is 246 g/mol. The molecule has 0 fully saturated rings. The van der Waals surface area contributed by atoms with Gasteiger partial charge in [-0.3, -0.25) is 4.79 Å². The van der Waals surface area contributed by atoms with E-state index in [1.54, 1.807) is 12.3 Å². The number of anilines is 2. The van der Waals surface area contributed by atoms with Gasteiger partial charge in [0.25, 0.3) is 0 Å². The lowest BCUT2D eigenvalue weighted by atomic mass is 10.1. The van der Waals surface area contributed by atoms with E-state index < -0.39 is 0 Å². The molecule has 2 atom stereocenters. The van der Waals surface area contributed by atoms with Crippen molar-refractivity contribution in [1.29, 1.82) is 0 Å². The molecule has 1 heterocycles. The number of pyridine rings is 1. The highest BCUT2D eigenvalue weighted by molar-refractivity contribution is 5.96. The fourth-order valence-corrected chi connectivity index (χ4v) is 2.00. The van der Waals surface area contributed by atoms with E-state index in [0.717, 1.165) is 11.5 Å². The van der Waals surface area contributed by atoms with Crippen LogP contribution >= 0.6 is 0 Å². The lowest BCUT2D eigenvalue weighted by Gasteiger charge is -2.17. The standard InChI is InChI=1S/C13H18N4O/c1-17(2)12-11(4-3-7-15-12)16-13(18)9-5-6-10(14)8-9/h3-7,9-10H,8,14H2,1-2H3,(H,16,18). The average molecular weight is 246 g/mol. The first-order valence-corrected chi connectivity index (χ1v) is 5.95. The average Bonchev–Trinajstić information content (AvgIpc) is 2.76. The van der Waals surface area contributed by atoms with Crippen molar-refractivity contribution in [2.75, 3.05) is 24.3 Å². The van der Waals surface area contributed by atoms with Crippen molar-refractivity contribution in [1.82, 2.24) is 4.98 Å². The smallest absolute Gasteiger partial charge is 0.231 e. The molecule has 96 valence electrons. The van der Waals surface area contributed by atoms with Gasteiger partial charge in [0.2, 0.25) is 5.91 Å². The lowest BCUT2D eigenvalue weighted by Crippen LogP contribution is -2.25. The lowest BCUT2D eigenvalue weighted by molar-refractivity contribution is -0.118. The van der Waals surface area contributed by atoms with Gasteiger partial charge in [-0.05, 0) is 18.6 Å². The molecule has 0 saturated heterocycles. The number of nitrogens with two attached hydrogens (primary N) is 1.